The average Bonchev–Trinajstić information content (AvgIpc) is 2.56. The van der Waals surface area contributed by atoms with Crippen LogP contribution < -0.4 is 5.32 Å². The molecule has 0 aromatic carbocycles. The minimum Gasteiger partial charge on any atom is -0.453 e. The summed E-state index contributed by atoms with van der Waals surface area (Å²) in [5, 5.41) is 1.78. The zero-order valence-electron chi connectivity index (χ0n) is 10.5. The Hall–Kier alpha value is -2.45. The molecule has 0 atom stereocenters. The van der Waals surface area contributed by atoms with Gasteiger partial charge < -0.3 is 4.74 Å². The molecule has 1 aliphatic rings. The number of ether oxygens (including phenoxy) is 1. The Morgan fingerprint density at radius 3 is 2.26 bits per heavy atom. The number of amides is 6. The summed E-state index contributed by atoms with van der Waals surface area (Å²) in [7, 11) is 1.06. The molecule has 9 heteroatoms. The molecular weight excluding hydrogens is 258 g/mol. The first-order valence-electron chi connectivity index (χ1n) is 5.47. The normalized spacial score (nSPS) is 14.9. The SMILES string of the molecule is CCCN1C(=O)C(=O)N(CC(=O)NC(=O)OC)C1=O. The Morgan fingerprint density at radius 1 is 1.16 bits per heavy atom. The quantitative estimate of drug-likeness (QED) is 0.522. The fourth-order valence-corrected chi connectivity index (χ4v) is 1.46. The van der Waals surface area contributed by atoms with Gasteiger partial charge >= 0.3 is 23.9 Å². The van der Waals surface area contributed by atoms with Gasteiger partial charge in [-0.1, -0.05) is 6.92 Å². The minimum absolute atomic E-state index is 0.0958. The van der Waals surface area contributed by atoms with Gasteiger partial charge in [0.1, 0.15) is 6.54 Å². The van der Waals surface area contributed by atoms with E-state index in [4.69, 9.17) is 0 Å². The van der Waals surface area contributed by atoms with E-state index in [0.29, 0.717) is 11.3 Å². The predicted octanol–water partition coefficient (Wildman–Crippen LogP) is -0.930. The molecule has 0 aliphatic carbocycles. The van der Waals surface area contributed by atoms with Gasteiger partial charge in [-0.05, 0) is 6.42 Å². The number of carbonyl (C=O) groups is 5. The van der Waals surface area contributed by atoms with Gasteiger partial charge in [-0.3, -0.25) is 24.6 Å². The van der Waals surface area contributed by atoms with Crippen molar-refractivity contribution in [3.63, 3.8) is 0 Å². The smallest absolute Gasteiger partial charge is 0.413 e. The Balaban J connectivity index is 2.71. The van der Waals surface area contributed by atoms with Crippen molar-refractivity contribution in [1.29, 1.82) is 0 Å². The van der Waals surface area contributed by atoms with Gasteiger partial charge in [0.15, 0.2) is 0 Å². The van der Waals surface area contributed by atoms with Crippen LogP contribution in [0.5, 0.6) is 0 Å². The maximum Gasteiger partial charge on any atom is 0.413 e. The van der Waals surface area contributed by atoms with Gasteiger partial charge in [0, 0.05) is 6.54 Å². The summed E-state index contributed by atoms with van der Waals surface area (Å²) in [6.07, 6.45) is -0.520. The molecule has 6 amide bonds. The molecule has 0 radical (unpaired) electrons. The van der Waals surface area contributed by atoms with Gasteiger partial charge in [-0.15, -0.1) is 0 Å². The molecule has 1 N–H and O–H groups in total. The van der Waals surface area contributed by atoms with Crippen molar-refractivity contribution < 1.29 is 28.7 Å². The molecule has 1 saturated heterocycles. The first kappa shape index (κ1) is 14.6. The highest BCUT2D eigenvalue weighted by Crippen LogP contribution is 2.11. The summed E-state index contributed by atoms with van der Waals surface area (Å²) in [4.78, 5) is 58.1. The molecule has 104 valence electrons. The highest BCUT2D eigenvalue weighted by Gasteiger charge is 2.44. The third kappa shape index (κ3) is 3.06. The maximum absolute atomic E-state index is 11.7. The maximum atomic E-state index is 11.7. The van der Waals surface area contributed by atoms with Crippen LogP contribution >= 0.6 is 0 Å². The fourth-order valence-electron chi connectivity index (χ4n) is 1.46. The second-order valence-electron chi connectivity index (χ2n) is 3.67. The number of nitrogens with one attached hydrogen (secondary N) is 1. The van der Waals surface area contributed by atoms with Crippen LogP contribution in [0.25, 0.3) is 0 Å². The van der Waals surface area contributed by atoms with Crippen molar-refractivity contribution in [2.24, 2.45) is 0 Å². The number of methoxy groups -OCH3 is 1. The fraction of sp³-hybridized carbons (Fsp3) is 0.500. The van der Waals surface area contributed by atoms with Gasteiger partial charge in [0.25, 0.3) is 0 Å². The van der Waals surface area contributed by atoms with E-state index in [-0.39, 0.29) is 6.54 Å². The van der Waals surface area contributed by atoms with E-state index in [2.05, 4.69) is 4.74 Å². The van der Waals surface area contributed by atoms with Crippen LogP contribution in [0.1, 0.15) is 13.3 Å². The van der Waals surface area contributed by atoms with Crippen LogP contribution in [0, 0.1) is 0 Å². The number of imide groups is 3. The van der Waals surface area contributed by atoms with Crippen LogP contribution in [-0.4, -0.2) is 59.8 Å². The van der Waals surface area contributed by atoms with Gasteiger partial charge in [-0.25, -0.2) is 14.5 Å². The third-order valence-electron chi connectivity index (χ3n) is 2.31. The zero-order valence-corrected chi connectivity index (χ0v) is 10.5. The van der Waals surface area contributed by atoms with Crippen LogP contribution in [0.3, 0.4) is 0 Å². The second-order valence-corrected chi connectivity index (χ2v) is 3.67. The van der Waals surface area contributed by atoms with Crippen LogP contribution in [0.4, 0.5) is 9.59 Å². The largest absolute Gasteiger partial charge is 0.453 e. The summed E-state index contributed by atoms with van der Waals surface area (Å²) in [5.41, 5.74) is 0. The van der Waals surface area contributed by atoms with E-state index in [1.165, 1.54) is 0 Å². The van der Waals surface area contributed by atoms with Crippen molar-refractivity contribution in [2.45, 2.75) is 13.3 Å². The van der Waals surface area contributed by atoms with E-state index >= 15 is 0 Å². The van der Waals surface area contributed by atoms with Crippen molar-refractivity contribution in [3.8, 4) is 0 Å². The number of rotatable bonds is 4. The molecule has 0 spiro atoms. The van der Waals surface area contributed by atoms with Crippen molar-refractivity contribution in [2.75, 3.05) is 20.2 Å². The molecule has 1 aliphatic heterocycles. The van der Waals surface area contributed by atoms with Crippen molar-refractivity contribution in [1.82, 2.24) is 15.1 Å². The lowest BCUT2D eigenvalue weighted by Gasteiger charge is -2.13. The second kappa shape index (κ2) is 5.94. The first-order chi connectivity index (χ1) is 8.92. The van der Waals surface area contributed by atoms with Crippen molar-refractivity contribution in [3.05, 3.63) is 0 Å². The molecule has 1 fully saturated rings. The van der Waals surface area contributed by atoms with E-state index in [1.807, 2.05) is 0 Å². The average molecular weight is 271 g/mol. The number of urea groups is 1. The molecule has 0 aromatic rings. The lowest BCUT2D eigenvalue weighted by atomic mass is 10.4. The topological polar surface area (TPSA) is 113 Å². The van der Waals surface area contributed by atoms with Crippen molar-refractivity contribution >= 4 is 29.8 Å². The molecule has 9 nitrogen and oxygen atoms in total. The summed E-state index contributed by atoms with van der Waals surface area (Å²) < 4.78 is 4.18. The highest BCUT2D eigenvalue weighted by atomic mass is 16.5. The Morgan fingerprint density at radius 2 is 1.74 bits per heavy atom. The minimum atomic E-state index is -1.08. The van der Waals surface area contributed by atoms with E-state index in [1.54, 1.807) is 12.2 Å². The molecule has 0 bridgehead atoms. The highest BCUT2D eigenvalue weighted by molar-refractivity contribution is 6.45. The molecule has 0 unspecified atom stereocenters. The number of nitrogens with zero attached hydrogens (tertiary/aromatic N) is 2. The Bertz CT molecular complexity index is 447. The lowest BCUT2D eigenvalue weighted by Crippen LogP contribution is -2.43. The van der Waals surface area contributed by atoms with Gasteiger partial charge in [-0.2, -0.15) is 0 Å². The molecule has 1 rings (SSSR count). The summed E-state index contributed by atoms with van der Waals surface area (Å²) in [5.74, 6) is -2.98. The number of hydrogen-bond donors (Lipinski definition) is 1. The number of alkyl carbamates (subject to hydrolysis) is 1. The molecule has 1 heterocycles. The van der Waals surface area contributed by atoms with Crippen LogP contribution in [-0.2, 0) is 19.1 Å². The van der Waals surface area contributed by atoms with Gasteiger partial charge in [0.2, 0.25) is 5.91 Å². The standard InChI is InChI=1S/C10H13N3O6/c1-3-4-12-7(15)8(16)13(10(12)18)5-6(14)11-9(17)19-2/h3-5H2,1-2H3,(H,11,14,17). The lowest BCUT2D eigenvalue weighted by molar-refractivity contribution is -0.144. The first-order valence-corrected chi connectivity index (χ1v) is 5.47. The molecule has 0 aromatic heterocycles. The van der Waals surface area contributed by atoms with E-state index < -0.39 is 36.4 Å². The third-order valence-corrected chi connectivity index (χ3v) is 2.31. The molecular formula is C10H13N3O6. The van der Waals surface area contributed by atoms with Crippen LogP contribution in [0.2, 0.25) is 0 Å². The summed E-state index contributed by atoms with van der Waals surface area (Å²) in [6.45, 7) is 1.12. The Labute approximate surface area is 108 Å². The predicted molar refractivity (Wildman–Crippen MR) is 59.7 cm³/mol. The Kier molecular flexibility index (Phi) is 4.56. The zero-order chi connectivity index (χ0) is 14.6. The number of hydrogen-bond acceptors (Lipinski definition) is 6. The summed E-state index contributed by atoms with van der Waals surface area (Å²) in [6, 6.07) is -0.864. The monoisotopic (exact) mass is 271 g/mol. The van der Waals surface area contributed by atoms with E-state index in [9.17, 15) is 24.0 Å². The van der Waals surface area contributed by atoms with Crippen LogP contribution in [0.15, 0.2) is 0 Å². The molecule has 0 saturated carbocycles. The van der Waals surface area contributed by atoms with Gasteiger partial charge in [0.05, 0.1) is 7.11 Å². The van der Waals surface area contributed by atoms with E-state index in [0.717, 1.165) is 12.0 Å². The number of carbonyl (C=O) groups excluding carboxylic acids is 5. The summed E-state index contributed by atoms with van der Waals surface area (Å²) >= 11 is 0. The molecule has 19 heavy (non-hydrogen) atoms.